The lowest BCUT2D eigenvalue weighted by Gasteiger charge is -2.20. The SMILES string of the molecule is CC(=O)N1c2ccc(S(=O)(=O)Nc3cccc(I)c3)cc2CC1C. The average molecular weight is 456 g/mol. The van der Waals surface area contributed by atoms with Crippen molar-refractivity contribution in [3.05, 3.63) is 51.6 Å². The number of sulfonamides is 1. The minimum Gasteiger partial charge on any atom is -0.309 e. The molecule has 7 heteroatoms. The number of benzene rings is 2. The summed E-state index contributed by atoms with van der Waals surface area (Å²) in [6.45, 7) is 3.48. The topological polar surface area (TPSA) is 66.5 Å². The lowest BCUT2D eigenvalue weighted by Crippen LogP contribution is -2.33. The molecule has 0 spiro atoms. The second kappa shape index (κ2) is 6.36. The Kier molecular flexibility index (Phi) is 4.56. The summed E-state index contributed by atoms with van der Waals surface area (Å²) in [5.74, 6) is -0.0335. The van der Waals surface area contributed by atoms with Gasteiger partial charge in [-0.05, 0) is 77.9 Å². The molecule has 2 aromatic rings. The van der Waals surface area contributed by atoms with Crippen molar-refractivity contribution in [2.45, 2.75) is 31.2 Å². The molecule has 0 saturated carbocycles. The molecular weight excluding hydrogens is 439 g/mol. The van der Waals surface area contributed by atoms with E-state index in [1.54, 1.807) is 41.3 Å². The van der Waals surface area contributed by atoms with E-state index in [9.17, 15) is 13.2 Å². The number of rotatable bonds is 3. The first-order valence-electron chi connectivity index (χ1n) is 7.49. The van der Waals surface area contributed by atoms with Crippen LogP contribution >= 0.6 is 22.6 Å². The van der Waals surface area contributed by atoms with Gasteiger partial charge in [-0.15, -0.1) is 0 Å². The Bertz CT molecular complexity index is 912. The highest BCUT2D eigenvalue weighted by atomic mass is 127. The van der Waals surface area contributed by atoms with Crippen molar-refractivity contribution in [1.29, 1.82) is 0 Å². The molecule has 5 nitrogen and oxygen atoms in total. The fourth-order valence-corrected chi connectivity index (χ4v) is 4.66. The fraction of sp³-hybridized carbons (Fsp3) is 0.235. The molecule has 1 heterocycles. The average Bonchev–Trinajstić information content (AvgIpc) is 2.81. The Morgan fingerprint density at radius 2 is 2.00 bits per heavy atom. The van der Waals surface area contributed by atoms with Gasteiger partial charge in [0.15, 0.2) is 0 Å². The molecule has 1 atom stereocenters. The molecule has 0 aliphatic carbocycles. The van der Waals surface area contributed by atoms with Crippen molar-refractivity contribution in [2.75, 3.05) is 9.62 Å². The van der Waals surface area contributed by atoms with Crippen LogP contribution in [0.4, 0.5) is 11.4 Å². The summed E-state index contributed by atoms with van der Waals surface area (Å²) >= 11 is 2.13. The fourth-order valence-electron chi connectivity index (χ4n) is 3.02. The van der Waals surface area contributed by atoms with E-state index in [4.69, 9.17) is 0 Å². The van der Waals surface area contributed by atoms with Crippen LogP contribution < -0.4 is 9.62 Å². The third-order valence-electron chi connectivity index (χ3n) is 3.99. The molecule has 0 aromatic heterocycles. The molecule has 0 fully saturated rings. The number of nitrogens with zero attached hydrogens (tertiary/aromatic N) is 1. The Labute approximate surface area is 155 Å². The molecule has 1 aliphatic heterocycles. The van der Waals surface area contributed by atoms with Gasteiger partial charge in [0, 0.05) is 27.9 Å². The maximum absolute atomic E-state index is 12.6. The Morgan fingerprint density at radius 1 is 1.25 bits per heavy atom. The number of hydrogen-bond donors (Lipinski definition) is 1. The van der Waals surface area contributed by atoms with Gasteiger partial charge in [0.2, 0.25) is 5.91 Å². The number of anilines is 2. The number of hydrogen-bond acceptors (Lipinski definition) is 3. The first kappa shape index (κ1) is 17.2. The molecule has 0 radical (unpaired) electrons. The van der Waals surface area contributed by atoms with Crippen molar-refractivity contribution in [1.82, 2.24) is 0 Å². The number of nitrogens with one attached hydrogen (secondary N) is 1. The molecule has 1 aliphatic rings. The smallest absolute Gasteiger partial charge is 0.261 e. The molecule has 1 amide bonds. The molecular formula is C17H17IN2O3S. The lowest BCUT2D eigenvalue weighted by atomic mass is 10.1. The van der Waals surface area contributed by atoms with Crippen LogP contribution in [0.2, 0.25) is 0 Å². The van der Waals surface area contributed by atoms with Gasteiger partial charge >= 0.3 is 0 Å². The Balaban J connectivity index is 1.93. The molecule has 1 unspecified atom stereocenters. The van der Waals surface area contributed by atoms with Gasteiger partial charge < -0.3 is 4.90 Å². The zero-order valence-corrected chi connectivity index (χ0v) is 16.3. The van der Waals surface area contributed by atoms with Crippen LogP contribution in [0.25, 0.3) is 0 Å². The van der Waals surface area contributed by atoms with Crippen molar-refractivity contribution in [2.24, 2.45) is 0 Å². The minimum absolute atomic E-state index is 0.0335. The molecule has 0 saturated heterocycles. The maximum Gasteiger partial charge on any atom is 0.261 e. The van der Waals surface area contributed by atoms with E-state index >= 15 is 0 Å². The summed E-state index contributed by atoms with van der Waals surface area (Å²) in [4.78, 5) is 13.7. The summed E-state index contributed by atoms with van der Waals surface area (Å²) in [6, 6.07) is 12.1. The highest BCUT2D eigenvalue weighted by Gasteiger charge is 2.30. The molecule has 2 aromatic carbocycles. The van der Waals surface area contributed by atoms with Crippen LogP contribution in [0, 0.1) is 3.57 Å². The number of carbonyl (C=O) groups excluding carboxylic acids is 1. The van der Waals surface area contributed by atoms with Gasteiger partial charge in [0.1, 0.15) is 0 Å². The van der Waals surface area contributed by atoms with Gasteiger partial charge in [0.05, 0.1) is 4.90 Å². The van der Waals surface area contributed by atoms with Gasteiger partial charge in [-0.2, -0.15) is 0 Å². The minimum atomic E-state index is -3.66. The molecule has 126 valence electrons. The molecule has 24 heavy (non-hydrogen) atoms. The quantitative estimate of drug-likeness (QED) is 0.721. The number of carbonyl (C=O) groups is 1. The van der Waals surface area contributed by atoms with Gasteiger partial charge in [-0.25, -0.2) is 8.42 Å². The van der Waals surface area contributed by atoms with Gasteiger partial charge in [-0.3, -0.25) is 9.52 Å². The second-order valence-electron chi connectivity index (χ2n) is 5.85. The van der Waals surface area contributed by atoms with E-state index in [-0.39, 0.29) is 16.8 Å². The van der Waals surface area contributed by atoms with E-state index in [1.165, 1.54) is 6.92 Å². The zero-order chi connectivity index (χ0) is 17.5. The predicted molar refractivity (Wildman–Crippen MR) is 103 cm³/mol. The first-order chi connectivity index (χ1) is 11.3. The van der Waals surface area contributed by atoms with E-state index in [0.717, 1.165) is 14.8 Å². The normalized spacial score (nSPS) is 16.8. The van der Waals surface area contributed by atoms with Crippen molar-refractivity contribution < 1.29 is 13.2 Å². The van der Waals surface area contributed by atoms with Gasteiger partial charge in [0.25, 0.3) is 10.0 Å². The Hall–Kier alpha value is -1.61. The van der Waals surface area contributed by atoms with Crippen LogP contribution in [0.1, 0.15) is 19.4 Å². The van der Waals surface area contributed by atoms with Crippen LogP contribution in [0.5, 0.6) is 0 Å². The molecule has 1 N–H and O–H groups in total. The highest BCUT2D eigenvalue weighted by Crippen LogP contribution is 2.34. The van der Waals surface area contributed by atoms with Crippen LogP contribution in [-0.2, 0) is 21.2 Å². The monoisotopic (exact) mass is 456 g/mol. The lowest BCUT2D eigenvalue weighted by molar-refractivity contribution is -0.116. The first-order valence-corrected chi connectivity index (χ1v) is 10.1. The second-order valence-corrected chi connectivity index (χ2v) is 8.78. The molecule has 3 rings (SSSR count). The van der Waals surface area contributed by atoms with Crippen LogP contribution in [0.3, 0.4) is 0 Å². The number of amides is 1. The zero-order valence-electron chi connectivity index (χ0n) is 13.3. The predicted octanol–water partition coefficient (Wildman–Crippen LogP) is 3.39. The van der Waals surface area contributed by atoms with Gasteiger partial charge in [-0.1, -0.05) is 6.07 Å². The third kappa shape index (κ3) is 3.27. The summed E-state index contributed by atoms with van der Waals surface area (Å²) < 4.78 is 28.8. The van der Waals surface area contributed by atoms with Crippen molar-refractivity contribution >= 4 is 49.9 Å². The van der Waals surface area contributed by atoms with E-state index in [2.05, 4.69) is 27.3 Å². The van der Waals surface area contributed by atoms with Crippen LogP contribution in [0.15, 0.2) is 47.4 Å². The maximum atomic E-state index is 12.6. The van der Waals surface area contributed by atoms with Crippen molar-refractivity contribution in [3.8, 4) is 0 Å². The summed E-state index contributed by atoms with van der Waals surface area (Å²) in [6.07, 6.45) is 0.654. The number of fused-ring (bicyclic) bond motifs is 1. The van der Waals surface area contributed by atoms with Crippen LogP contribution in [-0.4, -0.2) is 20.4 Å². The third-order valence-corrected chi connectivity index (χ3v) is 6.04. The standard InChI is InChI=1S/C17H17IN2O3S/c1-11-8-13-9-16(6-7-17(13)20(11)12(2)21)24(22,23)19-15-5-3-4-14(18)10-15/h3-7,9-11,19H,8H2,1-2H3. The van der Waals surface area contributed by atoms with E-state index < -0.39 is 10.0 Å². The summed E-state index contributed by atoms with van der Waals surface area (Å²) in [5.41, 5.74) is 2.20. The summed E-state index contributed by atoms with van der Waals surface area (Å²) in [5, 5.41) is 0. The highest BCUT2D eigenvalue weighted by molar-refractivity contribution is 14.1. The van der Waals surface area contributed by atoms with E-state index in [0.29, 0.717) is 12.1 Å². The largest absolute Gasteiger partial charge is 0.309 e. The van der Waals surface area contributed by atoms with Crippen molar-refractivity contribution in [3.63, 3.8) is 0 Å². The Morgan fingerprint density at radius 3 is 2.67 bits per heavy atom. The molecule has 0 bridgehead atoms. The van der Waals surface area contributed by atoms with E-state index in [1.807, 2.05) is 13.0 Å². The number of halogens is 1. The summed E-state index contributed by atoms with van der Waals surface area (Å²) in [7, 11) is -3.66.